The summed E-state index contributed by atoms with van der Waals surface area (Å²) in [5.41, 5.74) is 24.7. The molecule has 0 bridgehead atoms. The van der Waals surface area contributed by atoms with E-state index in [9.17, 15) is 0 Å². The summed E-state index contributed by atoms with van der Waals surface area (Å²) < 4.78 is 12.8. The zero-order chi connectivity index (χ0) is 27.2. The molecule has 3 aliphatic rings. The van der Waals surface area contributed by atoms with Crippen molar-refractivity contribution < 1.29 is 8.83 Å². The maximum Gasteiger partial charge on any atom is 0.144 e. The fourth-order valence-corrected chi connectivity index (χ4v) is 7.35. The van der Waals surface area contributed by atoms with E-state index < -0.39 is 0 Å². The Bertz CT molecular complexity index is 2110. The minimum atomic E-state index is -0.0343. The van der Waals surface area contributed by atoms with E-state index in [1.165, 1.54) is 22.1 Å². The molecule has 5 heteroatoms. The molecule has 4 N–H and O–H groups in total. The van der Waals surface area contributed by atoms with Crippen LogP contribution < -0.4 is 16.4 Å². The summed E-state index contributed by atoms with van der Waals surface area (Å²) in [5, 5.41) is 3.43. The fraction of sp³-hybridized carbons (Fsp3) is 0.167. The van der Waals surface area contributed by atoms with Crippen molar-refractivity contribution in [2.24, 2.45) is 5.73 Å². The summed E-state index contributed by atoms with van der Waals surface area (Å²) in [7, 11) is 0. The van der Waals surface area contributed by atoms with Crippen LogP contribution >= 0.6 is 0 Å². The zero-order valence-electron chi connectivity index (χ0n) is 22.6. The molecule has 9 rings (SSSR count). The summed E-state index contributed by atoms with van der Waals surface area (Å²) in [6.07, 6.45) is 10.7. The second-order valence-corrected chi connectivity index (χ2v) is 11.5. The molecule has 1 aliphatic heterocycles. The van der Waals surface area contributed by atoms with Crippen molar-refractivity contribution in [1.29, 1.82) is 0 Å². The normalized spacial score (nSPS) is 19.5. The highest BCUT2D eigenvalue weighted by molar-refractivity contribution is 6.09. The number of hydrogen-bond acceptors (Lipinski definition) is 5. The molecule has 3 heterocycles. The monoisotopic (exact) mass is 535 g/mol. The number of nitrogen functional groups attached to an aromatic ring is 1. The minimum Gasteiger partial charge on any atom is -0.458 e. The molecule has 5 nitrogen and oxygen atoms in total. The third kappa shape index (κ3) is 3.21. The Labute approximate surface area is 237 Å². The first-order valence-corrected chi connectivity index (χ1v) is 14.5. The molecule has 4 aromatic carbocycles. The maximum absolute atomic E-state index is 6.65. The van der Waals surface area contributed by atoms with E-state index >= 15 is 0 Å². The molecule has 0 amide bonds. The largest absolute Gasteiger partial charge is 0.458 e. The van der Waals surface area contributed by atoms with Crippen LogP contribution in [0.25, 0.3) is 49.6 Å². The SMILES string of the molecule is Nc1ccc(N2c3ccc4c5c(oc4c3C3=CC=CCC32)C(N)CCC5)c(-c2ccc3oc4ccccc4c3c2)c1. The van der Waals surface area contributed by atoms with E-state index in [1.807, 2.05) is 18.2 Å². The van der Waals surface area contributed by atoms with Crippen LogP contribution in [0.4, 0.5) is 17.1 Å². The molecule has 0 fully saturated rings. The summed E-state index contributed by atoms with van der Waals surface area (Å²) in [6, 6.07) is 25.6. The van der Waals surface area contributed by atoms with E-state index in [0.29, 0.717) is 0 Å². The number of rotatable bonds is 2. The molecule has 2 unspecified atom stereocenters. The molecule has 41 heavy (non-hydrogen) atoms. The number of anilines is 3. The molecular weight excluding hydrogens is 506 g/mol. The first kappa shape index (κ1) is 23.0. The van der Waals surface area contributed by atoms with Crippen LogP contribution in [-0.4, -0.2) is 6.04 Å². The molecule has 6 aromatic rings. The van der Waals surface area contributed by atoms with Gasteiger partial charge < -0.3 is 25.2 Å². The van der Waals surface area contributed by atoms with Crippen molar-refractivity contribution in [2.75, 3.05) is 10.6 Å². The van der Waals surface area contributed by atoms with Crippen molar-refractivity contribution in [3.63, 3.8) is 0 Å². The molecule has 2 aromatic heterocycles. The van der Waals surface area contributed by atoms with Crippen LogP contribution in [0.1, 0.15) is 42.2 Å². The van der Waals surface area contributed by atoms with Gasteiger partial charge in [-0.05, 0) is 85.4 Å². The summed E-state index contributed by atoms with van der Waals surface area (Å²) in [6.45, 7) is 0. The second-order valence-electron chi connectivity index (χ2n) is 11.5. The van der Waals surface area contributed by atoms with Gasteiger partial charge in [0.25, 0.3) is 0 Å². The minimum absolute atomic E-state index is 0.0343. The Balaban J connectivity index is 1.27. The van der Waals surface area contributed by atoms with Crippen molar-refractivity contribution >= 4 is 55.5 Å². The van der Waals surface area contributed by atoms with Gasteiger partial charge in [-0.1, -0.05) is 42.5 Å². The number of fused-ring (bicyclic) bond motifs is 10. The van der Waals surface area contributed by atoms with Gasteiger partial charge in [0.1, 0.15) is 22.5 Å². The lowest BCUT2D eigenvalue weighted by atomic mass is 9.91. The Kier molecular flexibility index (Phi) is 4.71. The Hall–Kier alpha value is -4.74. The summed E-state index contributed by atoms with van der Waals surface area (Å²) >= 11 is 0. The second kappa shape index (κ2) is 8.38. The third-order valence-corrected chi connectivity index (χ3v) is 9.21. The Morgan fingerprint density at radius 1 is 0.829 bits per heavy atom. The Morgan fingerprint density at radius 3 is 2.66 bits per heavy atom. The lowest BCUT2D eigenvalue weighted by Gasteiger charge is -2.30. The average molecular weight is 536 g/mol. The molecular formula is C36H29N3O2. The van der Waals surface area contributed by atoms with E-state index in [1.54, 1.807) is 0 Å². The van der Waals surface area contributed by atoms with Gasteiger partial charge in [-0.3, -0.25) is 0 Å². The predicted molar refractivity (Wildman–Crippen MR) is 167 cm³/mol. The highest BCUT2D eigenvalue weighted by Gasteiger charge is 2.39. The van der Waals surface area contributed by atoms with Gasteiger partial charge in [-0.25, -0.2) is 0 Å². The van der Waals surface area contributed by atoms with Crippen LogP contribution in [0.15, 0.2) is 99.9 Å². The smallest absolute Gasteiger partial charge is 0.144 e. The topological polar surface area (TPSA) is 81.6 Å². The van der Waals surface area contributed by atoms with Crippen LogP contribution in [0.2, 0.25) is 0 Å². The van der Waals surface area contributed by atoms with E-state index in [-0.39, 0.29) is 12.1 Å². The van der Waals surface area contributed by atoms with Gasteiger partial charge in [0, 0.05) is 44.2 Å². The molecule has 2 aliphatic carbocycles. The molecule has 0 radical (unpaired) electrons. The lowest BCUT2D eigenvalue weighted by molar-refractivity contribution is 0.441. The zero-order valence-corrected chi connectivity index (χ0v) is 22.6. The number of aryl methyl sites for hydroxylation is 1. The molecule has 0 saturated heterocycles. The van der Waals surface area contributed by atoms with Crippen molar-refractivity contribution in [1.82, 2.24) is 0 Å². The number of furan rings is 2. The maximum atomic E-state index is 6.65. The quantitative estimate of drug-likeness (QED) is 0.217. The predicted octanol–water partition coefficient (Wildman–Crippen LogP) is 8.78. The number of para-hydroxylation sites is 1. The highest BCUT2D eigenvalue weighted by Crippen LogP contribution is 2.53. The van der Waals surface area contributed by atoms with Gasteiger partial charge in [0.2, 0.25) is 0 Å². The summed E-state index contributed by atoms with van der Waals surface area (Å²) in [5.74, 6) is 0.968. The molecule has 0 saturated carbocycles. The van der Waals surface area contributed by atoms with Crippen molar-refractivity contribution in [3.05, 3.63) is 108 Å². The van der Waals surface area contributed by atoms with Crippen molar-refractivity contribution in [3.8, 4) is 11.1 Å². The van der Waals surface area contributed by atoms with Gasteiger partial charge in [0.15, 0.2) is 0 Å². The van der Waals surface area contributed by atoms with Crippen LogP contribution in [-0.2, 0) is 6.42 Å². The molecule has 2 atom stereocenters. The van der Waals surface area contributed by atoms with Crippen LogP contribution in [0.5, 0.6) is 0 Å². The number of benzene rings is 4. The first-order chi connectivity index (χ1) is 20.2. The third-order valence-electron chi connectivity index (χ3n) is 9.21. The highest BCUT2D eigenvalue weighted by atomic mass is 16.3. The fourth-order valence-electron chi connectivity index (χ4n) is 7.35. The average Bonchev–Trinajstić information content (AvgIpc) is 3.67. The first-order valence-electron chi connectivity index (χ1n) is 14.5. The van der Waals surface area contributed by atoms with Crippen molar-refractivity contribution in [2.45, 2.75) is 37.8 Å². The van der Waals surface area contributed by atoms with Crippen LogP contribution in [0, 0.1) is 0 Å². The van der Waals surface area contributed by atoms with E-state index in [0.717, 1.165) is 87.2 Å². The van der Waals surface area contributed by atoms with Gasteiger partial charge >= 0.3 is 0 Å². The number of nitrogens with two attached hydrogens (primary N) is 2. The number of nitrogens with zero attached hydrogens (tertiary/aromatic N) is 1. The molecule has 0 spiro atoms. The number of allylic oxidation sites excluding steroid dienone is 2. The van der Waals surface area contributed by atoms with E-state index in [2.05, 4.69) is 77.7 Å². The lowest BCUT2D eigenvalue weighted by Crippen LogP contribution is -2.27. The van der Waals surface area contributed by atoms with Gasteiger partial charge in [-0.2, -0.15) is 0 Å². The van der Waals surface area contributed by atoms with Gasteiger partial charge in [0.05, 0.1) is 17.8 Å². The van der Waals surface area contributed by atoms with Crippen LogP contribution in [0.3, 0.4) is 0 Å². The standard InChI is InChI=1S/C36H29N3O2/c37-21-13-15-30(26(19-21)20-12-17-33-27(18-20)22-6-2-4-11-32(22)40-33)39-29-10-3-1-7-25(29)34-31(39)16-14-24-23-8-5-9-28(38)35(23)41-36(24)34/h1-4,6-7,11-19,28-29H,5,8-10,37-38H2. The van der Waals surface area contributed by atoms with E-state index in [4.69, 9.17) is 20.3 Å². The Morgan fingerprint density at radius 2 is 1.71 bits per heavy atom. The summed E-state index contributed by atoms with van der Waals surface area (Å²) in [4.78, 5) is 2.48. The van der Waals surface area contributed by atoms with Gasteiger partial charge in [-0.15, -0.1) is 0 Å². The molecule has 200 valence electrons. The number of hydrogen-bond donors (Lipinski definition) is 2.